The van der Waals surface area contributed by atoms with Gasteiger partial charge in [0, 0.05) is 18.3 Å². The topological polar surface area (TPSA) is 50.2 Å². The lowest BCUT2D eigenvalue weighted by atomic mass is 10.2. The van der Waals surface area contributed by atoms with Gasteiger partial charge in [0.15, 0.2) is 11.1 Å². The third kappa shape index (κ3) is 2.89. The zero-order valence-corrected chi connectivity index (χ0v) is 7.81. The van der Waals surface area contributed by atoms with Crippen molar-refractivity contribution in [2.24, 2.45) is 0 Å². The van der Waals surface area contributed by atoms with Gasteiger partial charge in [0.05, 0.1) is 5.75 Å². The zero-order chi connectivity index (χ0) is 8.97. The normalized spacial score (nSPS) is 12.8. The second-order valence-corrected chi connectivity index (χ2v) is 3.50. The molecule has 1 rings (SSSR count). The van der Waals surface area contributed by atoms with Gasteiger partial charge in [0.1, 0.15) is 0 Å². The van der Waals surface area contributed by atoms with E-state index in [4.69, 9.17) is 16.2 Å². The summed E-state index contributed by atoms with van der Waals surface area (Å²) in [5.74, 6) is 0.483. The number of alkyl halides is 1. The van der Waals surface area contributed by atoms with E-state index in [1.165, 1.54) is 0 Å². The molecule has 5 heteroatoms. The Morgan fingerprint density at radius 2 is 2.17 bits per heavy atom. The molecule has 1 N–H and O–H groups in total. The fraction of sp³-hybridized carbons (Fsp3) is 0.286. The number of hydrogen-bond donors (Lipinski definition) is 1. The fourth-order valence-corrected chi connectivity index (χ4v) is 1.43. The highest BCUT2D eigenvalue weighted by atomic mass is 35.5. The zero-order valence-electron chi connectivity index (χ0n) is 6.24. The predicted molar refractivity (Wildman–Crippen MR) is 48.3 cm³/mol. The van der Waals surface area contributed by atoms with Crippen molar-refractivity contribution in [2.45, 2.75) is 11.6 Å². The van der Waals surface area contributed by atoms with Crippen molar-refractivity contribution in [3.05, 3.63) is 29.6 Å². The molecule has 12 heavy (non-hydrogen) atoms. The summed E-state index contributed by atoms with van der Waals surface area (Å²) in [5.41, 5.74) is 1.59. The first-order valence-electron chi connectivity index (χ1n) is 3.28. The molecule has 1 aromatic heterocycles. The quantitative estimate of drug-likeness (QED) is 0.602. The molecule has 0 aromatic carbocycles. The average molecular weight is 206 g/mol. The van der Waals surface area contributed by atoms with Gasteiger partial charge in [-0.2, -0.15) is 0 Å². The lowest BCUT2D eigenvalue weighted by molar-refractivity contribution is 0.563. The molecule has 0 aliphatic carbocycles. The van der Waals surface area contributed by atoms with Crippen molar-refractivity contribution in [3.8, 4) is 0 Å². The molecule has 0 aliphatic heterocycles. The van der Waals surface area contributed by atoms with Gasteiger partial charge in [0.25, 0.3) is 0 Å². The molecule has 66 valence electrons. The van der Waals surface area contributed by atoms with E-state index < -0.39 is 11.1 Å². The van der Waals surface area contributed by atoms with Gasteiger partial charge < -0.3 is 4.55 Å². The standard InChI is InChI=1S/C7H8ClNO2S/c8-2-6-1-7(4-9-3-6)5-12(10)11/h1,3-4H,2,5H2,(H,10,11). The van der Waals surface area contributed by atoms with E-state index in [9.17, 15) is 4.21 Å². The Kier molecular flexibility index (Phi) is 3.65. The molecule has 0 saturated carbocycles. The van der Waals surface area contributed by atoms with Gasteiger partial charge in [-0.3, -0.25) is 4.98 Å². The lowest BCUT2D eigenvalue weighted by Gasteiger charge is -1.98. The minimum Gasteiger partial charge on any atom is -0.306 e. The van der Waals surface area contributed by atoms with Gasteiger partial charge in [-0.15, -0.1) is 11.6 Å². The van der Waals surface area contributed by atoms with Crippen LogP contribution < -0.4 is 0 Å². The molecule has 1 heterocycles. The van der Waals surface area contributed by atoms with Crippen LogP contribution in [-0.4, -0.2) is 13.7 Å². The molecule has 0 fully saturated rings. The van der Waals surface area contributed by atoms with E-state index in [-0.39, 0.29) is 5.75 Å². The van der Waals surface area contributed by atoms with Crippen molar-refractivity contribution in [1.29, 1.82) is 0 Å². The van der Waals surface area contributed by atoms with E-state index >= 15 is 0 Å². The van der Waals surface area contributed by atoms with Crippen molar-refractivity contribution >= 4 is 22.7 Å². The van der Waals surface area contributed by atoms with Gasteiger partial charge in [0.2, 0.25) is 0 Å². The highest BCUT2D eigenvalue weighted by Crippen LogP contribution is 2.06. The van der Waals surface area contributed by atoms with Crippen LogP contribution in [0.1, 0.15) is 11.1 Å². The molecular weight excluding hydrogens is 198 g/mol. The number of nitrogens with zero attached hydrogens (tertiary/aromatic N) is 1. The van der Waals surface area contributed by atoms with Crippen LogP contribution in [0.15, 0.2) is 18.5 Å². The molecule has 1 atom stereocenters. The first kappa shape index (κ1) is 9.64. The summed E-state index contributed by atoms with van der Waals surface area (Å²) in [7, 11) is 0. The molecule has 0 bridgehead atoms. The molecule has 0 radical (unpaired) electrons. The van der Waals surface area contributed by atoms with Gasteiger partial charge >= 0.3 is 0 Å². The summed E-state index contributed by atoms with van der Waals surface area (Å²) in [4.78, 5) is 3.88. The number of hydrogen-bond acceptors (Lipinski definition) is 2. The Bertz CT molecular complexity index is 292. The number of pyridine rings is 1. The molecular formula is C7H8ClNO2S. The van der Waals surface area contributed by atoms with E-state index in [1.807, 2.05) is 0 Å². The van der Waals surface area contributed by atoms with Crippen LogP contribution in [0.2, 0.25) is 0 Å². The van der Waals surface area contributed by atoms with Crippen LogP contribution in [0.5, 0.6) is 0 Å². The molecule has 0 amide bonds. The number of rotatable bonds is 3. The molecule has 0 spiro atoms. The largest absolute Gasteiger partial charge is 0.306 e. The van der Waals surface area contributed by atoms with Crippen LogP contribution in [0, 0.1) is 0 Å². The van der Waals surface area contributed by atoms with E-state index in [0.717, 1.165) is 11.1 Å². The first-order chi connectivity index (χ1) is 5.72. The molecule has 1 unspecified atom stereocenters. The van der Waals surface area contributed by atoms with Crippen LogP contribution in [0.25, 0.3) is 0 Å². The van der Waals surface area contributed by atoms with Crippen molar-refractivity contribution in [3.63, 3.8) is 0 Å². The Labute approximate surface area is 78.1 Å². The highest BCUT2D eigenvalue weighted by Gasteiger charge is 1.99. The third-order valence-electron chi connectivity index (χ3n) is 1.30. The Hall–Kier alpha value is -0.450. The SMILES string of the molecule is O=S(O)Cc1cncc(CCl)c1. The molecule has 1 aromatic rings. The maximum Gasteiger partial charge on any atom is 0.157 e. The second-order valence-electron chi connectivity index (χ2n) is 2.30. The minimum atomic E-state index is -1.81. The predicted octanol–water partition coefficient (Wildman–Crippen LogP) is 1.54. The Morgan fingerprint density at radius 1 is 1.50 bits per heavy atom. The maximum atomic E-state index is 10.4. The van der Waals surface area contributed by atoms with E-state index in [2.05, 4.69) is 4.98 Å². The summed E-state index contributed by atoms with van der Waals surface area (Å²) in [6, 6.07) is 1.77. The summed E-state index contributed by atoms with van der Waals surface area (Å²) in [5, 5.41) is 0. The summed E-state index contributed by atoms with van der Waals surface area (Å²) < 4.78 is 19.0. The summed E-state index contributed by atoms with van der Waals surface area (Å²) in [6.07, 6.45) is 3.20. The van der Waals surface area contributed by atoms with Gasteiger partial charge in [-0.1, -0.05) is 6.07 Å². The fourth-order valence-electron chi connectivity index (χ4n) is 0.836. The van der Waals surface area contributed by atoms with Crippen LogP contribution in [0.3, 0.4) is 0 Å². The third-order valence-corrected chi connectivity index (χ3v) is 2.18. The Balaban J connectivity index is 2.79. The second kappa shape index (κ2) is 4.54. The first-order valence-corrected chi connectivity index (χ1v) is 5.09. The maximum absolute atomic E-state index is 10.4. The van der Waals surface area contributed by atoms with Crippen molar-refractivity contribution < 1.29 is 8.76 Å². The average Bonchev–Trinajstić information content (AvgIpc) is 2.03. The molecule has 0 saturated heterocycles. The molecule has 3 nitrogen and oxygen atoms in total. The van der Waals surface area contributed by atoms with Gasteiger partial charge in [-0.25, -0.2) is 4.21 Å². The van der Waals surface area contributed by atoms with Crippen LogP contribution in [0.4, 0.5) is 0 Å². The summed E-state index contributed by atoms with van der Waals surface area (Å²) in [6.45, 7) is 0. The van der Waals surface area contributed by atoms with E-state index in [1.54, 1.807) is 18.5 Å². The van der Waals surface area contributed by atoms with Crippen molar-refractivity contribution in [1.82, 2.24) is 4.98 Å². The summed E-state index contributed by atoms with van der Waals surface area (Å²) >= 11 is 3.75. The van der Waals surface area contributed by atoms with Crippen LogP contribution in [-0.2, 0) is 22.7 Å². The highest BCUT2D eigenvalue weighted by molar-refractivity contribution is 7.78. The smallest absolute Gasteiger partial charge is 0.157 e. The van der Waals surface area contributed by atoms with E-state index in [0.29, 0.717) is 5.88 Å². The Morgan fingerprint density at radius 3 is 2.75 bits per heavy atom. The van der Waals surface area contributed by atoms with Crippen LogP contribution >= 0.6 is 11.6 Å². The molecule has 0 aliphatic rings. The number of aromatic nitrogens is 1. The number of halogens is 1. The minimum absolute atomic E-state index is 0.109. The lowest BCUT2D eigenvalue weighted by Crippen LogP contribution is -1.94. The van der Waals surface area contributed by atoms with Gasteiger partial charge in [-0.05, 0) is 11.1 Å². The monoisotopic (exact) mass is 205 g/mol. The van der Waals surface area contributed by atoms with Crippen molar-refractivity contribution in [2.75, 3.05) is 0 Å².